The minimum Gasteiger partial charge on any atom is -0.465 e. The molecule has 0 radical (unpaired) electrons. The van der Waals surface area contributed by atoms with Gasteiger partial charge in [0.05, 0.1) is 19.2 Å². The van der Waals surface area contributed by atoms with Crippen LogP contribution < -0.4 is 0 Å². The number of carbonyl (C=O) groups is 2. The van der Waals surface area contributed by atoms with Crippen molar-refractivity contribution in [3.8, 4) is 0 Å². The Labute approximate surface area is 158 Å². The Bertz CT molecular complexity index is 864. The number of morpholine rings is 1. The van der Waals surface area contributed by atoms with Gasteiger partial charge in [-0.25, -0.2) is 4.79 Å². The van der Waals surface area contributed by atoms with Crippen molar-refractivity contribution in [3.05, 3.63) is 48.0 Å². The highest BCUT2D eigenvalue weighted by Gasteiger charge is 2.41. The number of hydrogen-bond donors (Lipinski definition) is 1. The van der Waals surface area contributed by atoms with Crippen molar-refractivity contribution in [3.63, 3.8) is 0 Å². The molecule has 1 heterocycles. The summed E-state index contributed by atoms with van der Waals surface area (Å²) in [6.45, 7) is 2.70. The van der Waals surface area contributed by atoms with Crippen LogP contribution in [0.1, 0.15) is 31.4 Å². The van der Waals surface area contributed by atoms with E-state index in [0.29, 0.717) is 6.54 Å². The molecular weight excluding hydrogens is 344 g/mol. The topological polar surface area (TPSA) is 70.1 Å². The smallest absolute Gasteiger partial charge is 0.407 e. The molecule has 0 aromatic heterocycles. The molecule has 2 atom stereocenters. The third-order valence-corrected chi connectivity index (χ3v) is 5.48. The summed E-state index contributed by atoms with van der Waals surface area (Å²) in [6, 6.07) is 14.6. The Morgan fingerprint density at radius 3 is 2.63 bits per heavy atom. The molecule has 1 N–H and O–H groups in total. The predicted molar refractivity (Wildman–Crippen MR) is 102 cm³/mol. The number of ether oxygens (including phenoxy) is 1. The fourth-order valence-corrected chi connectivity index (χ4v) is 3.81. The standard InChI is InChI=1S/C21H24N2O4/c1-14(16-7-6-15-4-2-3-5-17(15)12-16)23(18-8-9-18)20(24)19-13-22(21(25)26)10-11-27-19/h2-7,12,14,18-19H,8-11,13H2,1H3,(H,25,26)/t14?,19-/m1/s1. The SMILES string of the molecule is CC(c1ccc2ccccc2c1)N(C(=O)[C@H]1CN(C(=O)O)CCO1)C1CC1. The maximum absolute atomic E-state index is 13.2. The number of benzene rings is 2. The van der Waals surface area contributed by atoms with Crippen LogP contribution in [-0.2, 0) is 9.53 Å². The largest absolute Gasteiger partial charge is 0.465 e. The Kier molecular flexibility index (Phi) is 4.74. The molecule has 6 heteroatoms. The van der Waals surface area contributed by atoms with Gasteiger partial charge in [0.15, 0.2) is 6.10 Å². The Hall–Kier alpha value is -2.60. The lowest BCUT2D eigenvalue weighted by Gasteiger charge is -2.36. The number of fused-ring (bicyclic) bond motifs is 1. The van der Waals surface area contributed by atoms with E-state index in [2.05, 4.69) is 30.3 Å². The maximum Gasteiger partial charge on any atom is 0.407 e. The Morgan fingerprint density at radius 2 is 1.93 bits per heavy atom. The van der Waals surface area contributed by atoms with Crippen LogP contribution in [0.5, 0.6) is 0 Å². The third-order valence-electron chi connectivity index (χ3n) is 5.48. The van der Waals surface area contributed by atoms with Gasteiger partial charge in [0.1, 0.15) is 0 Å². The molecule has 4 rings (SSSR count). The highest BCUT2D eigenvalue weighted by Crippen LogP contribution is 2.36. The number of nitrogens with zero attached hydrogens (tertiary/aromatic N) is 2. The second-order valence-electron chi connectivity index (χ2n) is 7.35. The van der Waals surface area contributed by atoms with Crippen LogP contribution in [0.3, 0.4) is 0 Å². The van der Waals surface area contributed by atoms with E-state index in [0.717, 1.165) is 23.8 Å². The fourth-order valence-electron chi connectivity index (χ4n) is 3.81. The van der Waals surface area contributed by atoms with Gasteiger partial charge in [0, 0.05) is 12.6 Å². The molecule has 1 unspecified atom stereocenters. The quantitative estimate of drug-likeness (QED) is 0.899. The Morgan fingerprint density at radius 1 is 1.19 bits per heavy atom. The van der Waals surface area contributed by atoms with E-state index in [1.54, 1.807) is 0 Å². The number of amides is 2. The molecule has 0 spiro atoms. The van der Waals surface area contributed by atoms with Gasteiger partial charge in [-0.15, -0.1) is 0 Å². The lowest BCUT2D eigenvalue weighted by molar-refractivity contribution is -0.151. The Balaban J connectivity index is 1.57. The zero-order valence-electron chi connectivity index (χ0n) is 15.4. The second-order valence-corrected chi connectivity index (χ2v) is 7.35. The van der Waals surface area contributed by atoms with Gasteiger partial charge in [-0.1, -0.05) is 36.4 Å². The molecule has 1 aliphatic heterocycles. The molecule has 1 saturated carbocycles. The van der Waals surface area contributed by atoms with Crippen LogP contribution in [0.2, 0.25) is 0 Å². The van der Waals surface area contributed by atoms with Gasteiger partial charge in [-0.2, -0.15) is 0 Å². The van der Waals surface area contributed by atoms with E-state index in [-0.39, 0.29) is 31.1 Å². The second kappa shape index (κ2) is 7.19. The van der Waals surface area contributed by atoms with Gasteiger partial charge in [0.2, 0.25) is 0 Å². The summed E-state index contributed by atoms with van der Waals surface area (Å²) in [5, 5.41) is 11.6. The van der Waals surface area contributed by atoms with Gasteiger partial charge in [-0.3, -0.25) is 4.79 Å². The van der Waals surface area contributed by atoms with E-state index in [1.165, 1.54) is 10.3 Å². The molecule has 1 saturated heterocycles. The average molecular weight is 368 g/mol. The lowest BCUT2D eigenvalue weighted by atomic mass is 10.0. The number of rotatable bonds is 4. The van der Waals surface area contributed by atoms with Gasteiger partial charge >= 0.3 is 6.09 Å². The highest BCUT2D eigenvalue weighted by molar-refractivity contribution is 5.85. The van der Waals surface area contributed by atoms with E-state index >= 15 is 0 Å². The van der Waals surface area contributed by atoms with Crippen molar-refractivity contribution < 1.29 is 19.4 Å². The summed E-state index contributed by atoms with van der Waals surface area (Å²) in [5.41, 5.74) is 1.08. The summed E-state index contributed by atoms with van der Waals surface area (Å²) in [5.74, 6) is -0.107. The summed E-state index contributed by atoms with van der Waals surface area (Å²) >= 11 is 0. The van der Waals surface area contributed by atoms with E-state index in [4.69, 9.17) is 4.74 Å². The zero-order valence-corrected chi connectivity index (χ0v) is 15.4. The first kappa shape index (κ1) is 17.8. The molecule has 2 amide bonds. The summed E-state index contributed by atoms with van der Waals surface area (Å²) in [4.78, 5) is 27.6. The van der Waals surface area contributed by atoms with Crippen molar-refractivity contribution >= 4 is 22.8 Å². The minimum atomic E-state index is -1.00. The molecule has 1 aliphatic carbocycles. The molecule has 2 fully saturated rings. The van der Waals surface area contributed by atoms with Crippen LogP contribution >= 0.6 is 0 Å². The van der Waals surface area contributed by atoms with Crippen LogP contribution in [0.4, 0.5) is 4.79 Å². The monoisotopic (exact) mass is 368 g/mol. The molecule has 0 bridgehead atoms. The van der Waals surface area contributed by atoms with Gasteiger partial charge < -0.3 is 19.6 Å². The van der Waals surface area contributed by atoms with Crippen molar-refractivity contribution in [2.45, 2.75) is 38.0 Å². The van der Waals surface area contributed by atoms with Gasteiger partial charge in [0.25, 0.3) is 5.91 Å². The molecule has 27 heavy (non-hydrogen) atoms. The number of carboxylic acid groups (broad SMARTS) is 1. The molecular formula is C21H24N2O4. The van der Waals surface area contributed by atoms with Gasteiger partial charge in [-0.05, 0) is 42.2 Å². The zero-order chi connectivity index (χ0) is 19.0. The molecule has 142 valence electrons. The first-order valence-electron chi connectivity index (χ1n) is 9.45. The summed E-state index contributed by atoms with van der Waals surface area (Å²) < 4.78 is 5.64. The average Bonchev–Trinajstić information content (AvgIpc) is 3.52. The summed E-state index contributed by atoms with van der Waals surface area (Å²) in [7, 11) is 0. The predicted octanol–water partition coefficient (Wildman–Crippen LogP) is 3.27. The molecule has 2 aromatic rings. The van der Waals surface area contributed by atoms with Crippen molar-refractivity contribution in [2.75, 3.05) is 19.7 Å². The van der Waals surface area contributed by atoms with Crippen LogP contribution in [-0.4, -0.2) is 58.7 Å². The first-order valence-corrected chi connectivity index (χ1v) is 9.45. The van der Waals surface area contributed by atoms with Crippen LogP contribution in [0, 0.1) is 0 Å². The molecule has 6 nitrogen and oxygen atoms in total. The highest BCUT2D eigenvalue weighted by atomic mass is 16.5. The van der Waals surface area contributed by atoms with E-state index in [1.807, 2.05) is 24.0 Å². The van der Waals surface area contributed by atoms with Crippen molar-refractivity contribution in [1.82, 2.24) is 9.80 Å². The number of hydrogen-bond acceptors (Lipinski definition) is 3. The fraction of sp³-hybridized carbons (Fsp3) is 0.429. The number of carbonyl (C=O) groups excluding carboxylic acids is 1. The van der Waals surface area contributed by atoms with Crippen molar-refractivity contribution in [1.29, 1.82) is 0 Å². The molecule has 2 aliphatic rings. The minimum absolute atomic E-state index is 0.0848. The van der Waals surface area contributed by atoms with Crippen LogP contribution in [0.15, 0.2) is 42.5 Å². The maximum atomic E-state index is 13.2. The summed E-state index contributed by atoms with van der Waals surface area (Å²) in [6.07, 6.45) is 0.243. The van der Waals surface area contributed by atoms with E-state index < -0.39 is 12.2 Å². The van der Waals surface area contributed by atoms with Crippen molar-refractivity contribution in [2.24, 2.45) is 0 Å². The third kappa shape index (κ3) is 3.62. The first-order chi connectivity index (χ1) is 13.0. The van der Waals surface area contributed by atoms with E-state index in [9.17, 15) is 14.7 Å². The van der Waals surface area contributed by atoms with Crippen LogP contribution in [0.25, 0.3) is 10.8 Å². The normalized spacial score (nSPS) is 21.1. The lowest BCUT2D eigenvalue weighted by Crippen LogP contribution is -2.53. The molecule has 2 aromatic carbocycles.